The number of methoxy groups -OCH3 is 1. The highest BCUT2D eigenvalue weighted by atomic mass is 35.5. The van der Waals surface area contributed by atoms with Gasteiger partial charge in [0.05, 0.1) is 7.11 Å². The van der Waals surface area contributed by atoms with Gasteiger partial charge in [-0.25, -0.2) is 0 Å². The van der Waals surface area contributed by atoms with Crippen LogP contribution in [0.4, 0.5) is 0 Å². The van der Waals surface area contributed by atoms with Gasteiger partial charge in [-0.3, -0.25) is 4.79 Å². The number of amides is 1. The van der Waals surface area contributed by atoms with E-state index in [1.807, 2.05) is 6.07 Å². The topological polar surface area (TPSA) is 55.6 Å². The highest BCUT2D eigenvalue weighted by molar-refractivity contribution is 6.30. The summed E-state index contributed by atoms with van der Waals surface area (Å²) in [5.74, 6) is 0.806. The SMILES string of the molecule is COc1ccc(Cl)cc1CN(C)C(=O)CCCN. The van der Waals surface area contributed by atoms with Gasteiger partial charge in [-0.1, -0.05) is 11.6 Å². The zero-order chi connectivity index (χ0) is 13.5. The van der Waals surface area contributed by atoms with E-state index in [0.29, 0.717) is 31.0 Å². The summed E-state index contributed by atoms with van der Waals surface area (Å²) in [6.07, 6.45) is 1.17. The second-order valence-corrected chi connectivity index (χ2v) is 4.53. The van der Waals surface area contributed by atoms with Crippen LogP contribution in [0.5, 0.6) is 5.75 Å². The molecule has 0 fully saturated rings. The molecule has 5 heteroatoms. The third kappa shape index (κ3) is 4.20. The molecule has 0 unspecified atom stereocenters. The number of nitrogens with two attached hydrogens (primary N) is 1. The van der Waals surface area contributed by atoms with Gasteiger partial charge in [0.1, 0.15) is 5.75 Å². The first-order valence-corrected chi connectivity index (χ1v) is 6.22. The van der Waals surface area contributed by atoms with Gasteiger partial charge in [-0.15, -0.1) is 0 Å². The minimum absolute atomic E-state index is 0.0717. The molecular formula is C13H19ClN2O2. The first-order chi connectivity index (χ1) is 8.58. The molecule has 0 saturated heterocycles. The Hall–Kier alpha value is -1.26. The lowest BCUT2D eigenvalue weighted by Crippen LogP contribution is -2.26. The second kappa shape index (κ2) is 7.24. The molecular weight excluding hydrogens is 252 g/mol. The van der Waals surface area contributed by atoms with Crippen molar-refractivity contribution in [3.05, 3.63) is 28.8 Å². The van der Waals surface area contributed by atoms with E-state index in [-0.39, 0.29) is 5.91 Å². The van der Waals surface area contributed by atoms with E-state index >= 15 is 0 Å². The average molecular weight is 271 g/mol. The fourth-order valence-corrected chi connectivity index (χ4v) is 1.85. The Kier molecular flexibility index (Phi) is 5.95. The van der Waals surface area contributed by atoms with E-state index in [1.54, 1.807) is 31.2 Å². The van der Waals surface area contributed by atoms with E-state index < -0.39 is 0 Å². The molecule has 1 aromatic rings. The number of carbonyl (C=O) groups is 1. The van der Waals surface area contributed by atoms with Crippen molar-refractivity contribution in [1.82, 2.24) is 4.90 Å². The molecule has 0 saturated carbocycles. The fraction of sp³-hybridized carbons (Fsp3) is 0.462. The molecule has 4 nitrogen and oxygen atoms in total. The molecule has 0 heterocycles. The van der Waals surface area contributed by atoms with Crippen molar-refractivity contribution in [1.29, 1.82) is 0 Å². The summed E-state index contributed by atoms with van der Waals surface area (Å²) in [4.78, 5) is 13.4. The first-order valence-electron chi connectivity index (χ1n) is 5.85. The van der Waals surface area contributed by atoms with Crippen molar-refractivity contribution >= 4 is 17.5 Å². The fourth-order valence-electron chi connectivity index (χ4n) is 1.66. The Morgan fingerprint density at radius 1 is 1.50 bits per heavy atom. The van der Waals surface area contributed by atoms with Crippen LogP contribution in [0.3, 0.4) is 0 Å². The van der Waals surface area contributed by atoms with E-state index in [9.17, 15) is 4.79 Å². The molecule has 100 valence electrons. The van der Waals surface area contributed by atoms with Crippen LogP contribution in [-0.4, -0.2) is 31.5 Å². The van der Waals surface area contributed by atoms with Crippen LogP contribution in [0.2, 0.25) is 5.02 Å². The minimum atomic E-state index is 0.0717. The van der Waals surface area contributed by atoms with Crippen LogP contribution < -0.4 is 10.5 Å². The van der Waals surface area contributed by atoms with Gasteiger partial charge in [-0.05, 0) is 31.2 Å². The number of hydrogen-bond acceptors (Lipinski definition) is 3. The molecule has 18 heavy (non-hydrogen) atoms. The van der Waals surface area contributed by atoms with Crippen LogP contribution in [0, 0.1) is 0 Å². The zero-order valence-corrected chi connectivity index (χ0v) is 11.5. The molecule has 0 radical (unpaired) electrons. The molecule has 0 aliphatic carbocycles. The number of nitrogens with zero attached hydrogens (tertiary/aromatic N) is 1. The van der Waals surface area contributed by atoms with Gasteiger partial charge in [0.25, 0.3) is 0 Å². The first kappa shape index (κ1) is 14.8. The van der Waals surface area contributed by atoms with Crippen LogP contribution in [0.1, 0.15) is 18.4 Å². The van der Waals surface area contributed by atoms with Gasteiger partial charge in [-0.2, -0.15) is 0 Å². The summed E-state index contributed by atoms with van der Waals surface area (Å²) < 4.78 is 5.25. The van der Waals surface area contributed by atoms with Gasteiger partial charge >= 0.3 is 0 Å². The predicted octanol–water partition coefficient (Wildman–Crippen LogP) is 2.05. The third-order valence-electron chi connectivity index (χ3n) is 2.67. The molecule has 1 rings (SSSR count). The van der Waals surface area contributed by atoms with E-state index in [0.717, 1.165) is 11.3 Å². The lowest BCUT2D eigenvalue weighted by molar-refractivity contribution is -0.130. The maximum atomic E-state index is 11.8. The predicted molar refractivity (Wildman–Crippen MR) is 72.8 cm³/mol. The van der Waals surface area contributed by atoms with Gasteiger partial charge in [0, 0.05) is 30.6 Å². The monoisotopic (exact) mass is 270 g/mol. The van der Waals surface area contributed by atoms with Crippen molar-refractivity contribution < 1.29 is 9.53 Å². The van der Waals surface area contributed by atoms with Crippen molar-refractivity contribution in [2.24, 2.45) is 5.73 Å². The number of halogens is 1. The van der Waals surface area contributed by atoms with Crippen LogP contribution in [-0.2, 0) is 11.3 Å². The van der Waals surface area contributed by atoms with Crippen molar-refractivity contribution in [3.63, 3.8) is 0 Å². The van der Waals surface area contributed by atoms with E-state index in [4.69, 9.17) is 22.1 Å². The minimum Gasteiger partial charge on any atom is -0.496 e. The third-order valence-corrected chi connectivity index (χ3v) is 2.91. The van der Waals surface area contributed by atoms with Crippen molar-refractivity contribution in [2.45, 2.75) is 19.4 Å². The lowest BCUT2D eigenvalue weighted by Gasteiger charge is -2.19. The van der Waals surface area contributed by atoms with Crippen molar-refractivity contribution in [2.75, 3.05) is 20.7 Å². The molecule has 0 aliphatic rings. The summed E-state index contributed by atoms with van der Waals surface area (Å²) in [7, 11) is 3.36. The number of benzene rings is 1. The summed E-state index contributed by atoms with van der Waals surface area (Å²) >= 11 is 5.94. The molecule has 2 N–H and O–H groups in total. The van der Waals surface area contributed by atoms with Gasteiger partial charge in [0.2, 0.25) is 5.91 Å². The molecule has 0 aliphatic heterocycles. The maximum Gasteiger partial charge on any atom is 0.222 e. The molecule has 1 aromatic carbocycles. The Labute approximate surface area is 113 Å². The largest absolute Gasteiger partial charge is 0.496 e. The standard InChI is InChI=1S/C13H19ClN2O2/c1-16(13(17)4-3-7-15)9-10-8-11(14)5-6-12(10)18-2/h5-6,8H,3-4,7,9,15H2,1-2H3. The quantitative estimate of drug-likeness (QED) is 0.861. The van der Waals surface area contributed by atoms with Gasteiger partial charge < -0.3 is 15.4 Å². The van der Waals surface area contributed by atoms with Crippen molar-refractivity contribution in [3.8, 4) is 5.75 Å². The maximum absolute atomic E-state index is 11.8. The Bertz CT molecular complexity index is 410. The normalized spacial score (nSPS) is 10.2. The van der Waals surface area contributed by atoms with Crippen LogP contribution >= 0.6 is 11.6 Å². The number of hydrogen-bond donors (Lipinski definition) is 1. The smallest absolute Gasteiger partial charge is 0.222 e. The highest BCUT2D eigenvalue weighted by Gasteiger charge is 2.12. The summed E-state index contributed by atoms with van der Waals surface area (Å²) in [5.41, 5.74) is 6.28. The summed E-state index contributed by atoms with van der Waals surface area (Å²) in [6.45, 7) is 1.01. The highest BCUT2D eigenvalue weighted by Crippen LogP contribution is 2.23. The number of carbonyl (C=O) groups excluding carboxylic acids is 1. The number of ether oxygens (including phenoxy) is 1. The molecule has 0 atom stereocenters. The molecule has 0 bridgehead atoms. The Balaban J connectivity index is 2.71. The number of rotatable bonds is 6. The second-order valence-electron chi connectivity index (χ2n) is 4.10. The Morgan fingerprint density at radius 3 is 2.83 bits per heavy atom. The Morgan fingerprint density at radius 2 is 2.22 bits per heavy atom. The summed E-state index contributed by atoms with van der Waals surface area (Å²) in [5, 5.41) is 0.633. The van der Waals surface area contributed by atoms with Crippen LogP contribution in [0.25, 0.3) is 0 Å². The average Bonchev–Trinajstić information content (AvgIpc) is 2.36. The zero-order valence-electron chi connectivity index (χ0n) is 10.8. The summed E-state index contributed by atoms with van der Waals surface area (Å²) in [6, 6.07) is 5.38. The molecule has 0 aromatic heterocycles. The van der Waals surface area contributed by atoms with Crippen LogP contribution in [0.15, 0.2) is 18.2 Å². The van der Waals surface area contributed by atoms with Gasteiger partial charge in [0.15, 0.2) is 0 Å². The lowest BCUT2D eigenvalue weighted by atomic mass is 10.2. The molecule has 1 amide bonds. The molecule has 0 spiro atoms. The van der Waals surface area contributed by atoms with E-state index in [1.165, 1.54) is 0 Å². The van der Waals surface area contributed by atoms with E-state index in [2.05, 4.69) is 0 Å².